The fourth-order valence-corrected chi connectivity index (χ4v) is 2.17. The summed E-state index contributed by atoms with van der Waals surface area (Å²) >= 11 is 0. The summed E-state index contributed by atoms with van der Waals surface area (Å²) in [4.78, 5) is 20.1. The standard InChI is InChI=1S/C13H19N3O3/c1-4-13(2,19-3)12-15-9-7-14-6-5-8(9)10(16-12)11(17)18/h14H,4-7H2,1-3H3,(H,17,18). The van der Waals surface area contributed by atoms with Gasteiger partial charge in [-0.15, -0.1) is 0 Å². The first kappa shape index (κ1) is 13.9. The van der Waals surface area contributed by atoms with Crippen LogP contribution in [-0.4, -0.2) is 34.7 Å². The molecule has 0 saturated heterocycles. The Morgan fingerprint density at radius 3 is 2.84 bits per heavy atom. The molecule has 0 aromatic carbocycles. The molecule has 0 fully saturated rings. The van der Waals surface area contributed by atoms with E-state index in [1.54, 1.807) is 7.11 Å². The summed E-state index contributed by atoms with van der Waals surface area (Å²) in [5, 5.41) is 12.5. The van der Waals surface area contributed by atoms with Crippen LogP contribution in [0.5, 0.6) is 0 Å². The van der Waals surface area contributed by atoms with Gasteiger partial charge in [0.1, 0.15) is 5.60 Å². The zero-order valence-corrected chi connectivity index (χ0v) is 11.5. The minimum absolute atomic E-state index is 0.109. The monoisotopic (exact) mass is 265 g/mol. The van der Waals surface area contributed by atoms with Crippen molar-refractivity contribution in [2.75, 3.05) is 13.7 Å². The van der Waals surface area contributed by atoms with Crippen molar-refractivity contribution in [3.63, 3.8) is 0 Å². The predicted octanol–water partition coefficient (Wildman–Crippen LogP) is 1.09. The van der Waals surface area contributed by atoms with Crippen LogP contribution in [0.2, 0.25) is 0 Å². The topological polar surface area (TPSA) is 84.3 Å². The molecule has 0 saturated carbocycles. The highest BCUT2D eigenvalue weighted by Crippen LogP contribution is 2.27. The van der Waals surface area contributed by atoms with Gasteiger partial charge in [-0.3, -0.25) is 0 Å². The maximum atomic E-state index is 11.4. The first-order valence-electron chi connectivity index (χ1n) is 6.41. The second-order valence-electron chi connectivity index (χ2n) is 4.84. The Kier molecular flexibility index (Phi) is 3.82. The van der Waals surface area contributed by atoms with Crippen LogP contribution in [0.4, 0.5) is 0 Å². The lowest BCUT2D eigenvalue weighted by Crippen LogP contribution is -2.32. The van der Waals surface area contributed by atoms with Crippen molar-refractivity contribution in [1.29, 1.82) is 0 Å². The number of ether oxygens (including phenoxy) is 1. The first-order valence-corrected chi connectivity index (χ1v) is 6.41. The lowest BCUT2D eigenvalue weighted by Gasteiger charge is -2.27. The van der Waals surface area contributed by atoms with Gasteiger partial charge in [-0.2, -0.15) is 0 Å². The van der Waals surface area contributed by atoms with Crippen molar-refractivity contribution in [2.24, 2.45) is 0 Å². The molecule has 6 heteroatoms. The van der Waals surface area contributed by atoms with E-state index in [9.17, 15) is 9.90 Å². The summed E-state index contributed by atoms with van der Waals surface area (Å²) in [6.07, 6.45) is 1.32. The number of nitrogens with zero attached hydrogens (tertiary/aromatic N) is 2. The lowest BCUT2D eigenvalue weighted by atomic mass is 9.99. The van der Waals surface area contributed by atoms with Crippen LogP contribution >= 0.6 is 0 Å². The Bertz CT molecular complexity index is 498. The normalized spacial score (nSPS) is 17.6. The number of fused-ring (bicyclic) bond motifs is 1. The van der Waals surface area contributed by atoms with Gasteiger partial charge in [-0.1, -0.05) is 6.92 Å². The van der Waals surface area contributed by atoms with E-state index in [-0.39, 0.29) is 5.69 Å². The van der Waals surface area contributed by atoms with Crippen molar-refractivity contribution in [3.8, 4) is 0 Å². The first-order chi connectivity index (χ1) is 9.01. The molecular weight excluding hydrogens is 246 g/mol. The molecule has 0 spiro atoms. The summed E-state index contributed by atoms with van der Waals surface area (Å²) in [5.41, 5.74) is 0.963. The largest absolute Gasteiger partial charge is 0.477 e. The number of carboxylic acid groups (broad SMARTS) is 1. The van der Waals surface area contributed by atoms with E-state index in [1.165, 1.54) is 0 Å². The molecule has 1 aliphatic rings. The lowest BCUT2D eigenvalue weighted by molar-refractivity contribution is -0.00945. The third-order valence-electron chi connectivity index (χ3n) is 3.74. The van der Waals surface area contributed by atoms with Crippen LogP contribution < -0.4 is 5.32 Å². The average molecular weight is 265 g/mol. The van der Waals surface area contributed by atoms with Gasteiger partial charge in [0.05, 0.1) is 5.69 Å². The Labute approximate surface area is 112 Å². The summed E-state index contributed by atoms with van der Waals surface area (Å²) in [7, 11) is 1.59. The van der Waals surface area contributed by atoms with E-state index in [1.807, 2.05) is 13.8 Å². The number of aromatic nitrogens is 2. The molecule has 1 unspecified atom stereocenters. The van der Waals surface area contributed by atoms with Gasteiger partial charge in [0.25, 0.3) is 0 Å². The Hall–Kier alpha value is -1.53. The van der Waals surface area contributed by atoms with Crippen molar-refractivity contribution in [2.45, 2.75) is 38.8 Å². The number of hydrogen-bond acceptors (Lipinski definition) is 5. The van der Waals surface area contributed by atoms with Crippen LogP contribution in [0, 0.1) is 0 Å². The molecule has 104 valence electrons. The number of carboxylic acids is 1. The molecule has 2 rings (SSSR count). The number of methoxy groups -OCH3 is 1. The number of rotatable bonds is 4. The predicted molar refractivity (Wildman–Crippen MR) is 69.1 cm³/mol. The van der Waals surface area contributed by atoms with E-state index < -0.39 is 11.6 Å². The van der Waals surface area contributed by atoms with E-state index in [4.69, 9.17) is 4.74 Å². The highest BCUT2D eigenvalue weighted by Gasteiger charge is 2.31. The third kappa shape index (κ3) is 2.46. The minimum Gasteiger partial charge on any atom is -0.477 e. The maximum absolute atomic E-state index is 11.4. The van der Waals surface area contributed by atoms with Crippen molar-refractivity contribution < 1.29 is 14.6 Å². The molecule has 0 amide bonds. The van der Waals surface area contributed by atoms with E-state index in [2.05, 4.69) is 15.3 Å². The number of nitrogens with one attached hydrogen (secondary N) is 1. The SMILES string of the molecule is CCC(C)(OC)c1nc2c(c(C(=O)O)n1)CCNC2. The molecule has 0 radical (unpaired) electrons. The number of aromatic carboxylic acids is 1. The molecule has 2 heterocycles. The second-order valence-corrected chi connectivity index (χ2v) is 4.84. The van der Waals surface area contributed by atoms with E-state index >= 15 is 0 Å². The molecule has 1 aromatic rings. The Morgan fingerprint density at radius 2 is 2.26 bits per heavy atom. The highest BCUT2D eigenvalue weighted by molar-refractivity contribution is 5.87. The van der Waals surface area contributed by atoms with Crippen LogP contribution in [0.25, 0.3) is 0 Å². The highest BCUT2D eigenvalue weighted by atomic mass is 16.5. The number of carbonyl (C=O) groups is 1. The van der Waals surface area contributed by atoms with Gasteiger partial charge in [0, 0.05) is 19.2 Å². The van der Waals surface area contributed by atoms with Crippen LogP contribution in [0.1, 0.15) is 47.8 Å². The van der Waals surface area contributed by atoms with Gasteiger partial charge in [-0.25, -0.2) is 14.8 Å². The van der Waals surface area contributed by atoms with Gasteiger partial charge < -0.3 is 15.2 Å². The van der Waals surface area contributed by atoms with Gasteiger partial charge >= 0.3 is 5.97 Å². The van der Waals surface area contributed by atoms with Gasteiger partial charge in [0.2, 0.25) is 0 Å². The molecule has 0 bridgehead atoms. The van der Waals surface area contributed by atoms with Crippen molar-refractivity contribution in [3.05, 3.63) is 22.8 Å². The van der Waals surface area contributed by atoms with E-state index in [0.717, 1.165) is 17.8 Å². The number of hydrogen-bond donors (Lipinski definition) is 2. The summed E-state index contributed by atoms with van der Waals surface area (Å²) in [5.74, 6) is -0.561. The average Bonchev–Trinajstić information content (AvgIpc) is 2.45. The Morgan fingerprint density at radius 1 is 1.53 bits per heavy atom. The zero-order chi connectivity index (χ0) is 14.0. The maximum Gasteiger partial charge on any atom is 0.354 e. The molecule has 1 aliphatic heterocycles. The second kappa shape index (κ2) is 5.22. The summed E-state index contributed by atoms with van der Waals surface area (Å²) < 4.78 is 5.46. The van der Waals surface area contributed by atoms with Crippen molar-refractivity contribution >= 4 is 5.97 Å². The van der Waals surface area contributed by atoms with Gasteiger partial charge in [-0.05, 0) is 26.3 Å². The molecular formula is C13H19N3O3. The van der Waals surface area contributed by atoms with Crippen LogP contribution in [-0.2, 0) is 23.3 Å². The quantitative estimate of drug-likeness (QED) is 0.848. The van der Waals surface area contributed by atoms with Crippen LogP contribution in [0.3, 0.4) is 0 Å². The Balaban J connectivity index is 2.58. The zero-order valence-electron chi connectivity index (χ0n) is 11.5. The summed E-state index contributed by atoms with van der Waals surface area (Å²) in [6, 6.07) is 0. The van der Waals surface area contributed by atoms with E-state index in [0.29, 0.717) is 25.2 Å². The third-order valence-corrected chi connectivity index (χ3v) is 3.74. The molecule has 0 aliphatic carbocycles. The fourth-order valence-electron chi connectivity index (χ4n) is 2.17. The van der Waals surface area contributed by atoms with Crippen LogP contribution in [0.15, 0.2) is 0 Å². The minimum atomic E-state index is -1.00. The smallest absolute Gasteiger partial charge is 0.354 e. The molecule has 2 N–H and O–H groups in total. The molecule has 1 aromatic heterocycles. The van der Waals surface area contributed by atoms with Crippen molar-refractivity contribution in [1.82, 2.24) is 15.3 Å². The molecule has 19 heavy (non-hydrogen) atoms. The van der Waals surface area contributed by atoms with Gasteiger partial charge in [0.15, 0.2) is 11.5 Å². The molecule has 6 nitrogen and oxygen atoms in total. The fraction of sp³-hybridized carbons (Fsp3) is 0.615. The summed E-state index contributed by atoms with van der Waals surface area (Å²) in [6.45, 7) is 5.17. The molecule has 1 atom stereocenters.